The Labute approximate surface area is 114 Å². The van der Waals surface area contributed by atoms with E-state index in [1.807, 2.05) is 60.7 Å². The number of carbonyl (C=O) groups is 1. The van der Waals surface area contributed by atoms with Crippen LogP contribution in [0.15, 0.2) is 66.7 Å². The first-order valence-electron chi connectivity index (χ1n) is 6.18. The number of hydrogen-bond acceptors (Lipinski definition) is 2. The number of benzene rings is 2. The molecule has 0 saturated heterocycles. The molecule has 0 fully saturated rings. The summed E-state index contributed by atoms with van der Waals surface area (Å²) >= 11 is 0. The number of carbonyl (C=O) groups excluding carboxylic acids is 1. The van der Waals surface area contributed by atoms with Crippen LogP contribution in [0.2, 0.25) is 0 Å². The van der Waals surface area contributed by atoms with Gasteiger partial charge in [-0.2, -0.15) is 0 Å². The van der Waals surface area contributed by atoms with Crippen LogP contribution in [0.5, 0.6) is 0 Å². The minimum Gasteiger partial charge on any atom is -0.396 e. The molecule has 0 unspecified atom stereocenters. The third kappa shape index (κ3) is 6.96. The van der Waals surface area contributed by atoms with Crippen molar-refractivity contribution in [3.63, 3.8) is 0 Å². The van der Waals surface area contributed by atoms with E-state index in [0.29, 0.717) is 0 Å². The van der Waals surface area contributed by atoms with Gasteiger partial charge in [0.05, 0.1) is 0 Å². The van der Waals surface area contributed by atoms with Crippen LogP contribution in [0.4, 0.5) is 0 Å². The fraction of sp³-hybridized carbons (Fsp3) is 0.118. The summed E-state index contributed by atoms with van der Waals surface area (Å²) in [5.74, 6) is 0. The maximum atomic E-state index is 9.89. The Bertz CT molecular complexity index is 475. The summed E-state index contributed by atoms with van der Waals surface area (Å²) in [4.78, 5) is 9.89. The summed E-state index contributed by atoms with van der Waals surface area (Å²) < 4.78 is 0. The third-order valence-corrected chi connectivity index (χ3v) is 2.41. The van der Waals surface area contributed by atoms with Crippen LogP contribution in [0.1, 0.15) is 11.1 Å². The highest BCUT2D eigenvalue weighted by Gasteiger charge is 1.85. The average molecular weight is 254 g/mol. The predicted octanol–water partition coefficient (Wildman–Crippen LogP) is 3.12. The molecule has 0 aromatic heterocycles. The van der Waals surface area contributed by atoms with Crippen LogP contribution in [-0.4, -0.2) is 18.0 Å². The Morgan fingerprint density at radius 2 is 1.47 bits per heavy atom. The topological polar surface area (TPSA) is 37.3 Å². The summed E-state index contributed by atoms with van der Waals surface area (Å²) in [5.41, 5.74) is 2.24. The van der Waals surface area contributed by atoms with Crippen LogP contribution in [0.25, 0.3) is 6.08 Å². The van der Waals surface area contributed by atoms with Crippen molar-refractivity contribution in [1.29, 1.82) is 0 Å². The smallest absolute Gasteiger partial charge is 0.142 e. The number of aliphatic hydroxyl groups excluding tert-OH is 1. The van der Waals surface area contributed by atoms with E-state index >= 15 is 0 Å². The minimum absolute atomic E-state index is 0.240. The number of allylic oxidation sites excluding steroid dienone is 1. The van der Waals surface area contributed by atoms with Crippen molar-refractivity contribution >= 4 is 12.4 Å². The highest BCUT2D eigenvalue weighted by molar-refractivity contribution is 5.73. The molecule has 0 amide bonds. The van der Waals surface area contributed by atoms with E-state index < -0.39 is 0 Å². The quantitative estimate of drug-likeness (QED) is 0.672. The van der Waals surface area contributed by atoms with E-state index in [1.54, 1.807) is 6.08 Å². The third-order valence-electron chi connectivity index (χ3n) is 2.41. The normalized spacial score (nSPS) is 9.74. The largest absolute Gasteiger partial charge is 0.396 e. The highest BCUT2D eigenvalue weighted by atomic mass is 16.2. The van der Waals surface area contributed by atoms with Gasteiger partial charge in [-0.1, -0.05) is 66.7 Å². The van der Waals surface area contributed by atoms with E-state index in [2.05, 4.69) is 0 Å². The Morgan fingerprint density at radius 1 is 0.895 bits per heavy atom. The van der Waals surface area contributed by atoms with Crippen molar-refractivity contribution in [2.45, 2.75) is 6.42 Å². The molecule has 19 heavy (non-hydrogen) atoms. The fourth-order valence-electron chi connectivity index (χ4n) is 1.49. The maximum absolute atomic E-state index is 9.89. The van der Waals surface area contributed by atoms with Crippen LogP contribution >= 0.6 is 0 Å². The van der Waals surface area contributed by atoms with E-state index in [0.717, 1.165) is 18.3 Å². The van der Waals surface area contributed by atoms with Gasteiger partial charge in [0.15, 0.2) is 0 Å². The summed E-state index contributed by atoms with van der Waals surface area (Å²) in [6.07, 6.45) is 4.79. The second-order valence-corrected chi connectivity index (χ2v) is 3.87. The summed E-state index contributed by atoms with van der Waals surface area (Å²) in [6.45, 7) is 0.240. The molecule has 1 N–H and O–H groups in total. The minimum atomic E-state index is 0.240. The lowest BCUT2D eigenvalue weighted by Crippen LogP contribution is -1.88. The predicted molar refractivity (Wildman–Crippen MR) is 78.8 cm³/mol. The summed E-state index contributed by atoms with van der Waals surface area (Å²) in [5, 5.41) is 8.52. The summed E-state index contributed by atoms with van der Waals surface area (Å²) in [6, 6.07) is 19.6. The summed E-state index contributed by atoms with van der Waals surface area (Å²) in [7, 11) is 0. The molecule has 98 valence electrons. The lowest BCUT2D eigenvalue weighted by atomic mass is 10.2. The van der Waals surface area contributed by atoms with E-state index in [4.69, 9.17) is 5.11 Å². The molecule has 2 heteroatoms. The van der Waals surface area contributed by atoms with Gasteiger partial charge < -0.3 is 5.11 Å². The van der Waals surface area contributed by atoms with E-state index in [1.165, 1.54) is 11.6 Å². The van der Waals surface area contributed by atoms with Gasteiger partial charge in [0.2, 0.25) is 0 Å². The van der Waals surface area contributed by atoms with E-state index in [-0.39, 0.29) is 6.61 Å². The van der Waals surface area contributed by atoms with Crippen LogP contribution in [0, 0.1) is 0 Å². The zero-order valence-electron chi connectivity index (χ0n) is 10.8. The molecule has 0 radical (unpaired) electrons. The first-order valence-corrected chi connectivity index (χ1v) is 6.18. The number of aldehydes is 1. The van der Waals surface area contributed by atoms with Crippen molar-refractivity contribution in [1.82, 2.24) is 0 Å². The molecule has 2 nitrogen and oxygen atoms in total. The van der Waals surface area contributed by atoms with Crippen molar-refractivity contribution in [2.24, 2.45) is 0 Å². The van der Waals surface area contributed by atoms with Gasteiger partial charge in [-0.3, -0.25) is 4.79 Å². The fourth-order valence-corrected chi connectivity index (χ4v) is 1.49. The molecule has 0 bridgehead atoms. The van der Waals surface area contributed by atoms with Gasteiger partial charge >= 0.3 is 0 Å². The molecule has 0 spiro atoms. The number of rotatable bonds is 4. The van der Waals surface area contributed by atoms with E-state index in [9.17, 15) is 4.79 Å². The standard InChI is InChI=1S/C9H8O.C8H10O/c10-8-4-7-9-5-2-1-3-6-9;9-7-6-8-4-2-1-3-5-8/h1-8H;1-5,9H,6-7H2/b7-4+;. The maximum Gasteiger partial charge on any atom is 0.142 e. The SMILES string of the molecule is O=C/C=C/c1ccccc1.OCCc1ccccc1. The number of hydrogen-bond donors (Lipinski definition) is 1. The van der Waals surface area contributed by atoms with Crippen molar-refractivity contribution in [3.05, 3.63) is 77.9 Å². The van der Waals surface area contributed by atoms with Crippen LogP contribution in [0.3, 0.4) is 0 Å². The molecule has 0 aliphatic heterocycles. The Morgan fingerprint density at radius 3 is 2.00 bits per heavy atom. The molecule has 2 aromatic carbocycles. The van der Waals surface area contributed by atoms with Gasteiger partial charge in [0.25, 0.3) is 0 Å². The molecule has 0 aliphatic rings. The van der Waals surface area contributed by atoms with Gasteiger partial charge in [-0.15, -0.1) is 0 Å². The lowest BCUT2D eigenvalue weighted by Gasteiger charge is -1.93. The van der Waals surface area contributed by atoms with Crippen molar-refractivity contribution < 1.29 is 9.90 Å². The first-order chi connectivity index (χ1) is 9.36. The molecule has 0 aliphatic carbocycles. The lowest BCUT2D eigenvalue weighted by molar-refractivity contribution is -0.104. The van der Waals surface area contributed by atoms with Crippen LogP contribution in [-0.2, 0) is 11.2 Å². The second-order valence-electron chi connectivity index (χ2n) is 3.87. The highest BCUT2D eigenvalue weighted by Crippen LogP contribution is 1.99. The molecule has 0 atom stereocenters. The van der Waals surface area contributed by atoms with Crippen LogP contribution < -0.4 is 0 Å². The molecule has 0 heterocycles. The molecular weight excluding hydrogens is 236 g/mol. The second kappa shape index (κ2) is 9.80. The number of aliphatic hydroxyl groups is 1. The molecular formula is C17H18O2. The Hall–Kier alpha value is -2.19. The average Bonchev–Trinajstić information content (AvgIpc) is 2.48. The van der Waals surface area contributed by atoms with Crippen molar-refractivity contribution in [2.75, 3.05) is 6.61 Å². The zero-order chi connectivity index (χ0) is 13.8. The van der Waals surface area contributed by atoms with Gasteiger partial charge in [-0.05, 0) is 23.6 Å². The molecule has 2 rings (SSSR count). The zero-order valence-corrected chi connectivity index (χ0v) is 10.8. The Balaban J connectivity index is 0.000000191. The molecule has 2 aromatic rings. The van der Waals surface area contributed by atoms with Gasteiger partial charge in [0, 0.05) is 6.61 Å². The van der Waals surface area contributed by atoms with Gasteiger partial charge in [-0.25, -0.2) is 0 Å². The first kappa shape index (κ1) is 14.9. The monoisotopic (exact) mass is 254 g/mol. The molecule has 0 saturated carbocycles. The Kier molecular flexibility index (Phi) is 7.67. The van der Waals surface area contributed by atoms with Gasteiger partial charge in [0.1, 0.15) is 6.29 Å². The van der Waals surface area contributed by atoms with Crippen molar-refractivity contribution in [3.8, 4) is 0 Å².